The third kappa shape index (κ3) is 2.26. The van der Waals surface area contributed by atoms with Crippen LogP contribution in [0.5, 0.6) is 0 Å². The predicted octanol–water partition coefficient (Wildman–Crippen LogP) is 4.68. The zero-order valence-corrected chi connectivity index (χ0v) is 16.9. The Hall–Kier alpha value is -3.20. The molecular formula is C27H23NO2. The van der Waals surface area contributed by atoms with Crippen LogP contribution >= 0.6 is 0 Å². The van der Waals surface area contributed by atoms with Crippen LogP contribution in [0.15, 0.2) is 78.9 Å². The van der Waals surface area contributed by atoms with Gasteiger partial charge in [0.15, 0.2) is 0 Å². The lowest BCUT2D eigenvalue weighted by Crippen LogP contribution is -2.41. The van der Waals surface area contributed by atoms with Gasteiger partial charge in [-0.3, -0.25) is 14.5 Å². The van der Waals surface area contributed by atoms with Crippen molar-refractivity contribution in [3.63, 3.8) is 0 Å². The molecular weight excluding hydrogens is 370 g/mol. The molecule has 1 fully saturated rings. The Balaban J connectivity index is 1.43. The predicted molar refractivity (Wildman–Crippen MR) is 115 cm³/mol. The molecule has 2 bridgehead atoms. The van der Waals surface area contributed by atoms with E-state index in [4.69, 9.17) is 0 Å². The summed E-state index contributed by atoms with van der Waals surface area (Å²) >= 11 is 0. The average Bonchev–Trinajstić information content (AvgIpc) is 3.05. The minimum Gasteiger partial charge on any atom is -0.281 e. The molecule has 0 radical (unpaired) electrons. The van der Waals surface area contributed by atoms with E-state index in [0.29, 0.717) is 6.54 Å². The Kier molecular flexibility index (Phi) is 3.76. The highest BCUT2D eigenvalue weighted by Gasteiger charge is 2.61. The Bertz CT molecular complexity index is 1050. The number of carbonyl (C=O) groups excluding carboxylic acids is 2. The van der Waals surface area contributed by atoms with Gasteiger partial charge >= 0.3 is 0 Å². The molecule has 3 heteroatoms. The van der Waals surface area contributed by atoms with Crippen molar-refractivity contribution in [2.75, 3.05) is 6.54 Å². The highest BCUT2D eigenvalue weighted by Crippen LogP contribution is 2.61. The van der Waals surface area contributed by atoms with Gasteiger partial charge in [-0.25, -0.2) is 0 Å². The van der Waals surface area contributed by atoms with Gasteiger partial charge in [-0.15, -0.1) is 0 Å². The number of rotatable bonds is 3. The summed E-state index contributed by atoms with van der Waals surface area (Å²) in [5.74, 6) is -0.493. The molecule has 4 aliphatic rings. The first-order chi connectivity index (χ1) is 14.7. The van der Waals surface area contributed by atoms with Gasteiger partial charge in [0, 0.05) is 18.4 Å². The van der Waals surface area contributed by atoms with E-state index in [1.165, 1.54) is 22.3 Å². The third-order valence-electron chi connectivity index (χ3n) is 7.36. The molecule has 3 aromatic carbocycles. The quantitative estimate of drug-likeness (QED) is 0.606. The van der Waals surface area contributed by atoms with Gasteiger partial charge in [-0.05, 0) is 33.7 Å². The molecule has 0 unspecified atom stereocenters. The standard InChI is InChI=1S/C27H23NO2/c1-16(17-9-3-2-4-10-17)15-28-26(29)24-22-18-11-5-6-12-19(18)23(25(24)27(28)30)21-14-8-7-13-20(21)22/h2-14,16,22-25H,15H2,1H3/t16-,22?,23?,24+,25+/m1/s1. The number of amides is 2. The van der Waals surface area contributed by atoms with E-state index in [0.717, 1.165) is 5.56 Å². The summed E-state index contributed by atoms with van der Waals surface area (Å²) in [5, 5.41) is 0. The molecule has 0 N–H and O–H groups in total. The van der Waals surface area contributed by atoms with Gasteiger partial charge in [0.2, 0.25) is 11.8 Å². The van der Waals surface area contributed by atoms with Crippen molar-refractivity contribution in [3.05, 3.63) is 107 Å². The zero-order valence-electron chi connectivity index (χ0n) is 16.9. The first kappa shape index (κ1) is 17.6. The van der Waals surface area contributed by atoms with Gasteiger partial charge in [-0.2, -0.15) is 0 Å². The van der Waals surface area contributed by atoms with Crippen molar-refractivity contribution in [3.8, 4) is 0 Å². The average molecular weight is 393 g/mol. The lowest BCUT2D eigenvalue weighted by molar-refractivity contribution is -0.140. The van der Waals surface area contributed by atoms with Crippen LogP contribution < -0.4 is 0 Å². The minimum absolute atomic E-state index is 0.00628. The van der Waals surface area contributed by atoms with Gasteiger partial charge in [0.1, 0.15) is 0 Å². The van der Waals surface area contributed by atoms with Crippen molar-refractivity contribution in [1.29, 1.82) is 0 Å². The number of imide groups is 1. The number of carbonyl (C=O) groups is 2. The minimum atomic E-state index is -0.282. The molecule has 1 aliphatic heterocycles. The smallest absolute Gasteiger partial charge is 0.234 e. The molecule has 3 aromatic rings. The second-order valence-corrected chi connectivity index (χ2v) is 8.86. The summed E-state index contributed by atoms with van der Waals surface area (Å²) in [5.41, 5.74) is 6.05. The van der Waals surface area contributed by atoms with Crippen molar-refractivity contribution in [2.45, 2.75) is 24.7 Å². The maximum Gasteiger partial charge on any atom is 0.234 e. The normalized spacial score (nSPS) is 26.9. The van der Waals surface area contributed by atoms with Crippen LogP contribution in [0.4, 0.5) is 0 Å². The van der Waals surface area contributed by atoms with Crippen molar-refractivity contribution < 1.29 is 9.59 Å². The zero-order chi connectivity index (χ0) is 20.4. The van der Waals surface area contributed by atoms with Gasteiger partial charge < -0.3 is 0 Å². The second kappa shape index (κ2) is 6.40. The molecule has 30 heavy (non-hydrogen) atoms. The van der Waals surface area contributed by atoms with E-state index in [1.807, 2.05) is 42.5 Å². The lowest BCUT2D eigenvalue weighted by atomic mass is 9.55. The monoisotopic (exact) mass is 393 g/mol. The Labute approximate surface area is 176 Å². The first-order valence-corrected chi connectivity index (χ1v) is 10.7. The van der Waals surface area contributed by atoms with Crippen LogP contribution in [-0.4, -0.2) is 23.3 Å². The topological polar surface area (TPSA) is 37.4 Å². The third-order valence-corrected chi connectivity index (χ3v) is 7.36. The van der Waals surface area contributed by atoms with E-state index in [9.17, 15) is 9.59 Å². The summed E-state index contributed by atoms with van der Waals surface area (Å²) in [6.07, 6.45) is 0. The summed E-state index contributed by atoms with van der Waals surface area (Å²) in [4.78, 5) is 28.8. The van der Waals surface area contributed by atoms with Crippen molar-refractivity contribution in [1.82, 2.24) is 4.90 Å². The fourth-order valence-corrected chi connectivity index (χ4v) is 6.08. The fraction of sp³-hybridized carbons (Fsp3) is 0.259. The van der Waals surface area contributed by atoms with Gasteiger partial charge in [0.05, 0.1) is 11.8 Å². The number of likely N-dealkylation sites (tertiary alicyclic amines) is 1. The van der Waals surface area contributed by atoms with Gasteiger partial charge in [-0.1, -0.05) is 85.8 Å². The molecule has 1 heterocycles. The van der Waals surface area contributed by atoms with Crippen molar-refractivity contribution >= 4 is 11.8 Å². The molecule has 2 amide bonds. The van der Waals surface area contributed by atoms with E-state index < -0.39 is 0 Å². The largest absolute Gasteiger partial charge is 0.281 e. The molecule has 3 atom stereocenters. The molecule has 1 saturated heterocycles. The summed E-state index contributed by atoms with van der Waals surface area (Å²) in [6, 6.07) is 26.9. The van der Waals surface area contributed by atoms with Crippen LogP contribution in [-0.2, 0) is 9.59 Å². The molecule has 0 aromatic heterocycles. The lowest BCUT2D eigenvalue weighted by Gasteiger charge is -2.45. The Morgan fingerprint density at radius 3 is 1.50 bits per heavy atom. The van der Waals surface area contributed by atoms with Crippen LogP contribution in [0.3, 0.4) is 0 Å². The summed E-state index contributed by atoms with van der Waals surface area (Å²) < 4.78 is 0. The molecule has 3 aliphatic carbocycles. The molecule has 0 spiro atoms. The Morgan fingerprint density at radius 1 is 0.667 bits per heavy atom. The second-order valence-electron chi connectivity index (χ2n) is 8.86. The molecule has 7 rings (SSSR count). The molecule has 148 valence electrons. The first-order valence-electron chi connectivity index (χ1n) is 10.7. The number of hydrogen-bond donors (Lipinski definition) is 0. The van der Waals surface area contributed by atoms with Crippen LogP contribution in [0.25, 0.3) is 0 Å². The fourth-order valence-electron chi connectivity index (χ4n) is 6.08. The Morgan fingerprint density at radius 2 is 1.07 bits per heavy atom. The van der Waals surface area contributed by atoms with Crippen LogP contribution in [0.2, 0.25) is 0 Å². The van der Waals surface area contributed by atoms with E-state index in [1.54, 1.807) is 4.90 Å². The molecule has 0 saturated carbocycles. The SMILES string of the molecule is C[C@H](CN1C(=O)[C@H]2C3c4ccccc4C(c4ccccc43)[C@@H]2C1=O)c1ccccc1. The highest BCUT2D eigenvalue weighted by molar-refractivity contribution is 6.07. The molecule has 3 nitrogen and oxygen atoms in total. The van der Waals surface area contributed by atoms with Crippen LogP contribution in [0.1, 0.15) is 52.5 Å². The van der Waals surface area contributed by atoms with Crippen molar-refractivity contribution in [2.24, 2.45) is 11.8 Å². The number of hydrogen-bond acceptors (Lipinski definition) is 2. The van der Waals surface area contributed by atoms with E-state index >= 15 is 0 Å². The van der Waals surface area contributed by atoms with Crippen LogP contribution in [0, 0.1) is 11.8 Å². The van der Waals surface area contributed by atoms with E-state index in [-0.39, 0.29) is 41.4 Å². The number of benzene rings is 3. The maximum atomic E-state index is 13.6. The summed E-state index contributed by atoms with van der Waals surface area (Å²) in [7, 11) is 0. The highest BCUT2D eigenvalue weighted by atomic mass is 16.2. The number of nitrogens with zero attached hydrogens (tertiary/aromatic N) is 1. The van der Waals surface area contributed by atoms with Gasteiger partial charge in [0.25, 0.3) is 0 Å². The maximum absolute atomic E-state index is 13.6. The summed E-state index contributed by atoms with van der Waals surface area (Å²) in [6.45, 7) is 2.54. The van der Waals surface area contributed by atoms with E-state index in [2.05, 4.69) is 43.3 Å².